The Balaban J connectivity index is 1.05. The van der Waals surface area contributed by atoms with E-state index in [1.54, 1.807) is 0 Å². The summed E-state index contributed by atoms with van der Waals surface area (Å²) in [7, 11) is 0. The van der Waals surface area contributed by atoms with E-state index in [0.29, 0.717) is 0 Å². The van der Waals surface area contributed by atoms with Crippen LogP contribution in [0.15, 0.2) is 164 Å². The zero-order valence-corrected chi connectivity index (χ0v) is 25.3. The third-order valence-corrected chi connectivity index (χ3v) is 8.70. The Morgan fingerprint density at radius 1 is 0.383 bits per heavy atom. The van der Waals surface area contributed by atoms with E-state index in [1.807, 2.05) is 79.0 Å². The van der Waals surface area contributed by atoms with E-state index in [4.69, 9.17) is 15.0 Å². The monoisotopic (exact) mass is 601 g/mol. The van der Waals surface area contributed by atoms with Crippen molar-refractivity contribution in [2.24, 2.45) is 0 Å². The minimum atomic E-state index is 0.787. The molecule has 0 unspecified atom stereocenters. The zero-order valence-electron chi connectivity index (χ0n) is 25.3. The van der Waals surface area contributed by atoms with Gasteiger partial charge < -0.3 is 0 Å². The molecule has 0 aliphatic carbocycles. The van der Waals surface area contributed by atoms with Crippen LogP contribution >= 0.6 is 0 Å². The highest BCUT2D eigenvalue weighted by atomic mass is 15.1. The van der Waals surface area contributed by atoms with Gasteiger partial charge in [0.15, 0.2) is 0 Å². The number of fused-ring (bicyclic) bond motifs is 4. The van der Waals surface area contributed by atoms with Crippen molar-refractivity contribution in [2.45, 2.75) is 0 Å². The summed E-state index contributed by atoms with van der Waals surface area (Å²) in [5.41, 5.74) is 10.6. The number of hydrogen-bond acceptors (Lipinski definition) is 4. The predicted octanol–water partition coefficient (Wildman–Crippen LogP) is 10.2. The van der Waals surface area contributed by atoms with Gasteiger partial charge in [0.25, 0.3) is 0 Å². The van der Waals surface area contributed by atoms with Crippen LogP contribution in [0.5, 0.6) is 0 Å². The van der Waals surface area contributed by atoms with Gasteiger partial charge in [0, 0.05) is 17.1 Å². The first-order chi connectivity index (χ1) is 23.3. The third kappa shape index (κ3) is 4.73. The molecule has 5 heteroatoms. The molecule has 9 rings (SSSR count). The van der Waals surface area contributed by atoms with E-state index in [-0.39, 0.29) is 0 Å². The minimum absolute atomic E-state index is 0.787. The number of pyridine rings is 4. The number of hydrogen-bond donors (Lipinski definition) is 0. The fourth-order valence-electron chi connectivity index (χ4n) is 6.48. The number of benzene rings is 4. The summed E-state index contributed by atoms with van der Waals surface area (Å²) < 4.78 is 2.17. The average Bonchev–Trinajstić information content (AvgIpc) is 3.49. The smallest absolute Gasteiger partial charge is 0.138 e. The molecule has 47 heavy (non-hydrogen) atoms. The van der Waals surface area contributed by atoms with E-state index >= 15 is 0 Å². The second kappa shape index (κ2) is 11.2. The van der Waals surface area contributed by atoms with Gasteiger partial charge in [0.05, 0.1) is 45.0 Å². The predicted molar refractivity (Wildman–Crippen MR) is 191 cm³/mol. The fraction of sp³-hybridized carbons (Fsp3) is 0. The Hall–Kier alpha value is -6.46. The summed E-state index contributed by atoms with van der Waals surface area (Å²) in [6.07, 6.45) is 1.84. The van der Waals surface area contributed by atoms with Crippen molar-refractivity contribution >= 4 is 32.7 Å². The van der Waals surface area contributed by atoms with Crippen LogP contribution in [0.3, 0.4) is 0 Å². The van der Waals surface area contributed by atoms with Gasteiger partial charge in [-0.25, -0.2) is 15.0 Å². The van der Waals surface area contributed by atoms with Gasteiger partial charge in [0.2, 0.25) is 0 Å². The lowest BCUT2D eigenvalue weighted by molar-refractivity contribution is 1.07. The molecule has 0 atom stereocenters. The lowest BCUT2D eigenvalue weighted by atomic mass is 9.97. The standard InChI is InChI=1S/C42H27N5/c1-2-12-31-28(10-1)11-5-14-32(31)29-23-25-30(26-24-29)34-15-6-16-35(44-34)36-17-7-18-37(45-36)38-19-8-22-41(46-38)47-39-20-4-3-13-33(39)42-40(47)21-9-27-43-42/h1-27H. The number of aromatic nitrogens is 5. The summed E-state index contributed by atoms with van der Waals surface area (Å²) in [6.45, 7) is 0. The van der Waals surface area contributed by atoms with E-state index in [1.165, 1.54) is 21.9 Å². The summed E-state index contributed by atoms with van der Waals surface area (Å²) in [6, 6.07) is 54.2. The quantitative estimate of drug-likeness (QED) is 0.197. The molecule has 0 amide bonds. The van der Waals surface area contributed by atoms with Gasteiger partial charge in [-0.2, -0.15) is 0 Å². The van der Waals surface area contributed by atoms with Gasteiger partial charge in [0.1, 0.15) is 5.82 Å². The van der Waals surface area contributed by atoms with E-state index < -0.39 is 0 Å². The molecule has 220 valence electrons. The summed E-state index contributed by atoms with van der Waals surface area (Å²) >= 11 is 0. The van der Waals surface area contributed by atoms with Crippen molar-refractivity contribution < 1.29 is 0 Å². The lowest BCUT2D eigenvalue weighted by Gasteiger charge is -2.10. The highest BCUT2D eigenvalue weighted by Crippen LogP contribution is 2.32. The maximum Gasteiger partial charge on any atom is 0.138 e. The lowest BCUT2D eigenvalue weighted by Crippen LogP contribution is -1.99. The molecular formula is C42H27N5. The summed E-state index contributed by atoms with van der Waals surface area (Å²) in [5, 5.41) is 3.59. The molecule has 0 radical (unpaired) electrons. The SMILES string of the molecule is c1cc(-c2ccc(-c3cccc4ccccc34)cc2)nc(-c2cccc(-c3cccc(-n4c5ccccc5c5ncccc54)n3)n2)c1. The van der Waals surface area contributed by atoms with Crippen molar-refractivity contribution in [2.75, 3.05) is 0 Å². The van der Waals surface area contributed by atoms with Crippen LogP contribution in [0, 0.1) is 0 Å². The van der Waals surface area contributed by atoms with Crippen LogP contribution in [-0.2, 0) is 0 Å². The molecule has 5 nitrogen and oxygen atoms in total. The van der Waals surface area contributed by atoms with Crippen molar-refractivity contribution in [1.29, 1.82) is 0 Å². The number of para-hydroxylation sites is 1. The van der Waals surface area contributed by atoms with Gasteiger partial charge in [-0.15, -0.1) is 0 Å². The molecule has 5 heterocycles. The third-order valence-electron chi connectivity index (χ3n) is 8.70. The maximum atomic E-state index is 5.09. The number of nitrogens with zero attached hydrogens (tertiary/aromatic N) is 5. The fourth-order valence-corrected chi connectivity index (χ4v) is 6.48. The molecule has 0 bridgehead atoms. The van der Waals surface area contributed by atoms with Crippen LogP contribution in [0.2, 0.25) is 0 Å². The topological polar surface area (TPSA) is 56.5 Å². The Labute approximate surface area is 271 Å². The van der Waals surface area contributed by atoms with Crippen molar-refractivity contribution in [3.63, 3.8) is 0 Å². The molecule has 0 fully saturated rings. The van der Waals surface area contributed by atoms with Crippen molar-refractivity contribution in [1.82, 2.24) is 24.5 Å². The largest absolute Gasteiger partial charge is 0.292 e. The van der Waals surface area contributed by atoms with Crippen LogP contribution < -0.4 is 0 Å². The Morgan fingerprint density at radius 3 is 1.77 bits per heavy atom. The van der Waals surface area contributed by atoms with Crippen LogP contribution in [-0.4, -0.2) is 24.5 Å². The molecule has 0 saturated carbocycles. The van der Waals surface area contributed by atoms with Crippen molar-refractivity contribution in [3.05, 3.63) is 164 Å². The Kier molecular flexibility index (Phi) is 6.39. The maximum absolute atomic E-state index is 5.09. The van der Waals surface area contributed by atoms with Gasteiger partial charge in [-0.1, -0.05) is 103 Å². The second-order valence-corrected chi connectivity index (χ2v) is 11.5. The first-order valence-corrected chi connectivity index (χ1v) is 15.7. The van der Waals surface area contributed by atoms with Gasteiger partial charge in [-0.3, -0.25) is 9.55 Å². The van der Waals surface area contributed by atoms with E-state index in [9.17, 15) is 0 Å². The molecule has 0 aliphatic heterocycles. The van der Waals surface area contributed by atoms with E-state index in [0.717, 1.165) is 61.8 Å². The first-order valence-electron chi connectivity index (χ1n) is 15.7. The molecule has 4 aromatic carbocycles. The Morgan fingerprint density at radius 2 is 0.957 bits per heavy atom. The second-order valence-electron chi connectivity index (χ2n) is 11.5. The molecule has 0 spiro atoms. The van der Waals surface area contributed by atoms with Crippen molar-refractivity contribution in [3.8, 4) is 51.0 Å². The van der Waals surface area contributed by atoms with Crippen LogP contribution in [0.25, 0.3) is 83.7 Å². The molecular weight excluding hydrogens is 574 g/mol. The minimum Gasteiger partial charge on any atom is -0.292 e. The van der Waals surface area contributed by atoms with Gasteiger partial charge in [-0.05, 0) is 76.5 Å². The number of rotatable bonds is 5. The zero-order chi connectivity index (χ0) is 31.2. The molecule has 0 N–H and O–H groups in total. The molecule has 0 aliphatic rings. The van der Waals surface area contributed by atoms with Crippen LogP contribution in [0.1, 0.15) is 0 Å². The Bertz CT molecular complexity index is 2520. The van der Waals surface area contributed by atoms with Crippen LogP contribution in [0.4, 0.5) is 0 Å². The normalized spacial score (nSPS) is 11.4. The average molecular weight is 602 g/mol. The molecule has 9 aromatic rings. The first kappa shape index (κ1) is 26.9. The highest BCUT2D eigenvalue weighted by molar-refractivity contribution is 6.06. The molecule has 0 saturated heterocycles. The summed E-state index contributed by atoms with van der Waals surface area (Å²) in [4.78, 5) is 19.8. The highest BCUT2D eigenvalue weighted by Gasteiger charge is 2.15. The van der Waals surface area contributed by atoms with Gasteiger partial charge >= 0.3 is 0 Å². The summed E-state index contributed by atoms with van der Waals surface area (Å²) in [5.74, 6) is 0.820. The van der Waals surface area contributed by atoms with E-state index in [2.05, 4.69) is 94.5 Å². The molecule has 5 aromatic heterocycles.